The van der Waals surface area contributed by atoms with Gasteiger partial charge in [0.1, 0.15) is 6.61 Å². The van der Waals surface area contributed by atoms with Gasteiger partial charge in [0.05, 0.1) is 18.5 Å². The van der Waals surface area contributed by atoms with Crippen molar-refractivity contribution in [2.45, 2.75) is 18.9 Å². The zero-order chi connectivity index (χ0) is 13.8. The lowest BCUT2D eigenvalue weighted by molar-refractivity contribution is 0.273. The van der Waals surface area contributed by atoms with E-state index in [4.69, 9.17) is 9.47 Å². The molecule has 1 aromatic heterocycles. The van der Waals surface area contributed by atoms with Crippen molar-refractivity contribution < 1.29 is 9.47 Å². The molecule has 0 atom stereocenters. The van der Waals surface area contributed by atoms with E-state index in [-0.39, 0.29) is 0 Å². The molecule has 19 heavy (non-hydrogen) atoms. The van der Waals surface area contributed by atoms with Gasteiger partial charge in [-0.15, -0.1) is 0 Å². The highest BCUT2D eigenvalue weighted by Crippen LogP contribution is 2.33. The Kier molecular flexibility index (Phi) is 4.47. The van der Waals surface area contributed by atoms with Gasteiger partial charge in [0.15, 0.2) is 11.5 Å². The number of hydrogen-bond acceptors (Lipinski definition) is 3. The van der Waals surface area contributed by atoms with Gasteiger partial charge in [0.25, 0.3) is 0 Å². The van der Waals surface area contributed by atoms with Gasteiger partial charge in [-0.1, -0.05) is 28.1 Å². The van der Waals surface area contributed by atoms with E-state index in [1.54, 1.807) is 7.11 Å². The number of alkyl halides is 1. The summed E-state index contributed by atoms with van der Waals surface area (Å²) in [6, 6.07) is 7.89. The molecule has 0 aliphatic heterocycles. The normalized spacial score (nSPS) is 10.5. The first-order valence-electron chi connectivity index (χ1n) is 6.00. The van der Waals surface area contributed by atoms with E-state index in [0.717, 1.165) is 33.8 Å². The average Bonchev–Trinajstić information content (AvgIpc) is 2.74. The number of halogens is 1. The lowest BCUT2D eigenvalue weighted by Gasteiger charge is -2.13. The molecule has 0 fully saturated rings. The molecule has 0 bridgehead atoms. The smallest absolute Gasteiger partial charge is 0.165 e. The fraction of sp³-hybridized carbons (Fsp3) is 0.357. The molecule has 0 aliphatic carbocycles. The number of methoxy groups -OCH3 is 1. The zero-order valence-corrected chi connectivity index (χ0v) is 12.9. The summed E-state index contributed by atoms with van der Waals surface area (Å²) in [6.07, 6.45) is 0. The third-order valence-electron chi connectivity index (χ3n) is 2.89. The van der Waals surface area contributed by atoms with E-state index in [2.05, 4.69) is 21.0 Å². The SMILES string of the molecule is COc1cccc(CBr)c1OCc1cc(C)nn1C. The second kappa shape index (κ2) is 6.10. The highest BCUT2D eigenvalue weighted by molar-refractivity contribution is 9.08. The predicted octanol–water partition coefficient (Wildman–Crippen LogP) is 3.21. The summed E-state index contributed by atoms with van der Waals surface area (Å²) in [5.74, 6) is 1.52. The van der Waals surface area contributed by atoms with Crippen molar-refractivity contribution >= 4 is 15.9 Å². The topological polar surface area (TPSA) is 36.3 Å². The van der Waals surface area contributed by atoms with Crippen LogP contribution in [0.3, 0.4) is 0 Å². The van der Waals surface area contributed by atoms with E-state index >= 15 is 0 Å². The minimum Gasteiger partial charge on any atom is -0.493 e. The van der Waals surface area contributed by atoms with Gasteiger partial charge in [-0.05, 0) is 19.1 Å². The third-order valence-corrected chi connectivity index (χ3v) is 3.49. The van der Waals surface area contributed by atoms with Gasteiger partial charge >= 0.3 is 0 Å². The molecule has 0 aliphatic rings. The largest absolute Gasteiger partial charge is 0.493 e. The second-order valence-corrected chi connectivity index (χ2v) is 4.83. The molecule has 0 saturated heterocycles. The summed E-state index contributed by atoms with van der Waals surface area (Å²) in [4.78, 5) is 0. The number of nitrogens with zero attached hydrogens (tertiary/aromatic N) is 2. The number of ether oxygens (including phenoxy) is 2. The molecule has 2 rings (SSSR count). The number of para-hydroxylation sites is 1. The Morgan fingerprint density at radius 1 is 1.37 bits per heavy atom. The molecule has 0 amide bonds. The maximum absolute atomic E-state index is 5.91. The number of aryl methyl sites for hydroxylation is 2. The molecular formula is C14H17BrN2O2. The summed E-state index contributed by atoms with van der Waals surface area (Å²) in [5, 5.41) is 5.03. The van der Waals surface area contributed by atoms with Gasteiger partial charge < -0.3 is 9.47 Å². The van der Waals surface area contributed by atoms with Crippen molar-refractivity contribution in [1.29, 1.82) is 0 Å². The molecule has 102 valence electrons. The first-order valence-corrected chi connectivity index (χ1v) is 7.12. The summed E-state index contributed by atoms with van der Waals surface area (Å²) < 4.78 is 13.1. The molecular weight excluding hydrogens is 308 g/mol. The van der Waals surface area contributed by atoms with Crippen LogP contribution in [0.25, 0.3) is 0 Å². The van der Waals surface area contributed by atoms with Crippen LogP contribution in [0.5, 0.6) is 11.5 Å². The minimum atomic E-state index is 0.470. The maximum Gasteiger partial charge on any atom is 0.165 e. The van der Waals surface area contributed by atoms with Crippen LogP contribution in [-0.2, 0) is 19.0 Å². The van der Waals surface area contributed by atoms with Gasteiger partial charge in [-0.3, -0.25) is 4.68 Å². The Bertz CT molecular complexity index is 544. The van der Waals surface area contributed by atoms with E-state index < -0.39 is 0 Å². The van der Waals surface area contributed by atoms with Crippen molar-refractivity contribution in [1.82, 2.24) is 9.78 Å². The van der Waals surface area contributed by atoms with Crippen LogP contribution < -0.4 is 9.47 Å². The van der Waals surface area contributed by atoms with Gasteiger partial charge in [-0.25, -0.2) is 0 Å². The van der Waals surface area contributed by atoms with E-state index in [1.165, 1.54) is 0 Å². The number of hydrogen-bond donors (Lipinski definition) is 0. The fourth-order valence-corrected chi connectivity index (χ4v) is 2.38. The first-order chi connectivity index (χ1) is 9.15. The van der Waals surface area contributed by atoms with Crippen molar-refractivity contribution in [2.75, 3.05) is 7.11 Å². The highest BCUT2D eigenvalue weighted by Gasteiger charge is 2.11. The van der Waals surface area contributed by atoms with Crippen LogP contribution in [-0.4, -0.2) is 16.9 Å². The lowest BCUT2D eigenvalue weighted by Crippen LogP contribution is -2.05. The van der Waals surface area contributed by atoms with Crippen molar-refractivity contribution in [3.8, 4) is 11.5 Å². The third kappa shape index (κ3) is 3.10. The van der Waals surface area contributed by atoms with Crippen LogP contribution in [0.2, 0.25) is 0 Å². The van der Waals surface area contributed by atoms with E-state index in [9.17, 15) is 0 Å². The number of rotatable bonds is 5. The molecule has 1 aromatic carbocycles. The average molecular weight is 325 g/mol. The molecule has 4 nitrogen and oxygen atoms in total. The molecule has 2 aromatic rings. The van der Waals surface area contributed by atoms with Crippen molar-refractivity contribution in [2.24, 2.45) is 7.05 Å². The Balaban J connectivity index is 2.21. The van der Waals surface area contributed by atoms with Crippen molar-refractivity contribution in [3.05, 3.63) is 41.2 Å². The van der Waals surface area contributed by atoms with Gasteiger partial charge in [0, 0.05) is 17.9 Å². The fourth-order valence-electron chi connectivity index (χ4n) is 1.94. The Labute approximate surface area is 121 Å². The Hall–Kier alpha value is -1.49. The van der Waals surface area contributed by atoms with Crippen LogP contribution in [0.15, 0.2) is 24.3 Å². The van der Waals surface area contributed by atoms with E-state index in [0.29, 0.717) is 6.61 Å². The standard InChI is InChI=1S/C14H17BrN2O2/c1-10-7-12(17(2)16-10)9-19-14-11(8-15)5-4-6-13(14)18-3/h4-7H,8-9H2,1-3H3. The van der Waals surface area contributed by atoms with Gasteiger partial charge in [0.2, 0.25) is 0 Å². The van der Waals surface area contributed by atoms with E-state index in [1.807, 2.05) is 42.9 Å². The number of benzene rings is 1. The second-order valence-electron chi connectivity index (χ2n) is 4.27. The predicted molar refractivity (Wildman–Crippen MR) is 77.9 cm³/mol. The molecule has 0 saturated carbocycles. The minimum absolute atomic E-state index is 0.470. The molecule has 0 unspecified atom stereocenters. The lowest BCUT2D eigenvalue weighted by atomic mass is 10.2. The van der Waals surface area contributed by atoms with Crippen LogP contribution in [0.4, 0.5) is 0 Å². The molecule has 1 heterocycles. The number of aromatic nitrogens is 2. The highest BCUT2D eigenvalue weighted by atomic mass is 79.9. The summed E-state index contributed by atoms with van der Waals surface area (Å²) in [6.45, 7) is 2.44. The van der Waals surface area contributed by atoms with Crippen LogP contribution >= 0.6 is 15.9 Å². The quantitative estimate of drug-likeness (QED) is 0.792. The molecule has 0 N–H and O–H groups in total. The summed E-state index contributed by atoms with van der Waals surface area (Å²) in [5.41, 5.74) is 3.09. The maximum atomic E-state index is 5.91. The molecule has 5 heteroatoms. The first kappa shape index (κ1) is 13.9. The van der Waals surface area contributed by atoms with Crippen LogP contribution in [0.1, 0.15) is 17.0 Å². The monoisotopic (exact) mass is 324 g/mol. The zero-order valence-electron chi connectivity index (χ0n) is 11.3. The Morgan fingerprint density at radius 2 is 2.16 bits per heavy atom. The van der Waals surface area contributed by atoms with Crippen LogP contribution in [0, 0.1) is 6.92 Å². The summed E-state index contributed by atoms with van der Waals surface area (Å²) >= 11 is 3.46. The van der Waals surface area contributed by atoms with Gasteiger partial charge in [-0.2, -0.15) is 5.10 Å². The molecule has 0 radical (unpaired) electrons. The summed E-state index contributed by atoms with van der Waals surface area (Å²) in [7, 11) is 3.56. The Morgan fingerprint density at radius 3 is 2.74 bits per heavy atom. The molecule has 0 spiro atoms. The van der Waals surface area contributed by atoms with Crippen molar-refractivity contribution in [3.63, 3.8) is 0 Å².